The summed E-state index contributed by atoms with van der Waals surface area (Å²) in [4.78, 5) is 2.31. The smallest absolute Gasteiger partial charge is 0.216 e. The Morgan fingerprint density at radius 2 is 1.90 bits per heavy atom. The van der Waals surface area contributed by atoms with Crippen molar-refractivity contribution < 1.29 is 0 Å². The van der Waals surface area contributed by atoms with Crippen molar-refractivity contribution >= 4 is 24.1 Å². The number of aromatic nitrogens is 3. The topological polar surface area (TPSA) is 49.2 Å². The number of hydrogen-bond acceptors (Lipinski definition) is 4. The maximum atomic E-state index is 5.17. The zero-order chi connectivity index (χ0) is 15.2. The van der Waals surface area contributed by atoms with Crippen LogP contribution in [0.15, 0.2) is 29.4 Å². The lowest BCUT2D eigenvalue weighted by molar-refractivity contribution is 0.780. The largest absolute Gasteiger partial charge is 0.372 e. The van der Waals surface area contributed by atoms with Gasteiger partial charge in [0.2, 0.25) is 4.77 Å². The highest BCUT2D eigenvalue weighted by molar-refractivity contribution is 7.71. The Labute approximate surface area is 130 Å². The number of rotatable bonds is 6. The lowest BCUT2D eigenvalue weighted by atomic mass is 10.2. The highest BCUT2D eigenvalue weighted by Gasteiger charge is 2.02. The molecule has 0 fully saturated rings. The Kier molecular flexibility index (Phi) is 5.27. The van der Waals surface area contributed by atoms with Gasteiger partial charge in [-0.25, -0.2) is 0 Å². The molecule has 0 saturated carbocycles. The predicted molar refractivity (Wildman–Crippen MR) is 89.8 cm³/mol. The van der Waals surface area contributed by atoms with Gasteiger partial charge in [-0.1, -0.05) is 19.1 Å². The van der Waals surface area contributed by atoms with E-state index in [0.29, 0.717) is 4.77 Å². The van der Waals surface area contributed by atoms with E-state index < -0.39 is 0 Å². The molecule has 0 spiro atoms. The van der Waals surface area contributed by atoms with Crippen LogP contribution < -0.4 is 4.90 Å². The third-order valence-electron chi connectivity index (χ3n) is 3.38. The first-order chi connectivity index (χ1) is 10.2. The van der Waals surface area contributed by atoms with Crippen molar-refractivity contribution in [1.29, 1.82) is 0 Å². The van der Waals surface area contributed by atoms with Gasteiger partial charge in [-0.15, -0.1) is 0 Å². The van der Waals surface area contributed by atoms with Crippen molar-refractivity contribution in [3.63, 3.8) is 0 Å². The molecule has 0 amide bonds. The summed E-state index contributed by atoms with van der Waals surface area (Å²) in [6.07, 6.45) is 2.59. The molecule has 0 radical (unpaired) electrons. The number of benzene rings is 1. The molecular formula is C15H21N5S. The van der Waals surface area contributed by atoms with Gasteiger partial charge in [0.15, 0.2) is 5.82 Å². The van der Waals surface area contributed by atoms with E-state index in [2.05, 4.69) is 58.3 Å². The minimum atomic E-state index is 0.517. The Bertz CT molecular complexity index is 649. The van der Waals surface area contributed by atoms with E-state index in [4.69, 9.17) is 12.2 Å². The molecule has 2 rings (SSSR count). The molecule has 1 aromatic carbocycles. The van der Waals surface area contributed by atoms with Crippen LogP contribution in [0.1, 0.15) is 32.2 Å². The van der Waals surface area contributed by atoms with Gasteiger partial charge in [-0.3, -0.25) is 5.10 Å². The number of aryl methyl sites for hydroxylation is 1. The van der Waals surface area contributed by atoms with Gasteiger partial charge in [0.25, 0.3) is 0 Å². The van der Waals surface area contributed by atoms with Crippen molar-refractivity contribution in [1.82, 2.24) is 14.9 Å². The lowest BCUT2D eigenvalue weighted by Crippen LogP contribution is -2.21. The van der Waals surface area contributed by atoms with Crippen molar-refractivity contribution in [3.8, 4) is 0 Å². The average molecular weight is 303 g/mol. The molecule has 1 aromatic heterocycles. The molecule has 0 aliphatic carbocycles. The maximum absolute atomic E-state index is 5.17. The fraction of sp³-hybridized carbons (Fsp3) is 0.400. The summed E-state index contributed by atoms with van der Waals surface area (Å²) in [7, 11) is 0. The first kappa shape index (κ1) is 15.4. The molecule has 0 unspecified atom stereocenters. The quantitative estimate of drug-likeness (QED) is 0.658. The molecule has 1 heterocycles. The SMILES string of the molecule is CCc1n[nH]c(=S)n1N=Cc1ccc(N(CC)CC)cc1. The number of hydrogen-bond donors (Lipinski definition) is 1. The van der Waals surface area contributed by atoms with Gasteiger partial charge in [0, 0.05) is 25.2 Å². The Morgan fingerprint density at radius 1 is 1.24 bits per heavy atom. The summed E-state index contributed by atoms with van der Waals surface area (Å²) in [5.74, 6) is 0.830. The van der Waals surface area contributed by atoms with Crippen LogP contribution >= 0.6 is 12.2 Å². The predicted octanol–water partition coefficient (Wildman–Crippen LogP) is 3.23. The maximum Gasteiger partial charge on any atom is 0.216 e. The fourth-order valence-electron chi connectivity index (χ4n) is 2.16. The Hall–Kier alpha value is -1.95. The van der Waals surface area contributed by atoms with E-state index in [1.165, 1.54) is 5.69 Å². The highest BCUT2D eigenvalue weighted by atomic mass is 32.1. The van der Waals surface area contributed by atoms with E-state index in [1.54, 1.807) is 10.9 Å². The summed E-state index contributed by atoms with van der Waals surface area (Å²) in [6.45, 7) is 8.36. The van der Waals surface area contributed by atoms with Crippen LogP contribution in [0.5, 0.6) is 0 Å². The summed E-state index contributed by atoms with van der Waals surface area (Å²) in [6, 6.07) is 8.35. The van der Waals surface area contributed by atoms with Crippen LogP contribution in [0.4, 0.5) is 5.69 Å². The molecule has 0 aliphatic heterocycles. The second-order valence-electron chi connectivity index (χ2n) is 4.62. The van der Waals surface area contributed by atoms with Gasteiger partial charge in [0.1, 0.15) is 0 Å². The van der Waals surface area contributed by atoms with E-state index in [1.807, 2.05) is 6.92 Å². The molecule has 0 bridgehead atoms. The standard InChI is InChI=1S/C15H21N5S/c1-4-14-17-18-15(21)20(14)16-11-12-7-9-13(10-8-12)19(5-2)6-3/h7-11H,4-6H2,1-3H3,(H,18,21). The van der Waals surface area contributed by atoms with E-state index in [-0.39, 0.29) is 0 Å². The van der Waals surface area contributed by atoms with Crippen LogP contribution in [0.2, 0.25) is 0 Å². The first-order valence-electron chi connectivity index (χ1n) is 7.25. The number of nitrogens with one attached hydrogen (secondary N) is 1. The molecule has 1 N–H and O–H groups in total. The van der Waals surface area contributed by atoms with Crippen LogP contribution in [-0.4, -0.2) is 34.2 Å². The summed E-state index contributed by atoms with van der Waals surface area (Å²) in [5, 5.41) is 11.3. The van der Waals surface area contributed by atoms with Crippen LogP contribution in [0.25, 0.3) is 0 Å². The zero-order valence-electron chi connectivity index (χ0n) is 12.7. The molecule has 6 heteroatoms. The Balaban J connectivity index is 2.18. The minimum absolute atomic E-state index is 0.517. The first-order valence-corrected chi connectivity index (χ1v) is 7.66. The summed E-state index contributed by atoms with van der Waals surface area (Å²) in [5.41, 5.74) is 2.27. The number of anilines is 1. The molecule has 2 aromatic rings. The van der Waals surface area contributed by atoms with Gasteiger partial charge in [-0.2, -0.15) is 14.9 Å². The van der Waals surface area contributed by atoms with Crippen molar-refractivity contribution in [2.75, 3.05) is 18.0 Å². The van der Waals surface area contributed by atoms with Crippen molar-refractivity contribution in [2.45, 2.75) is 27.2 Å². The van der Waals surface area contributed by atoms with Crippen LogP contribution in [0, 0.1) is 4.77 Å². The lowest BCUT2D eigenvalue weighted by Gasteiger charge is -2.20. The second-order valence-corrected chi connectivity index (χ2v) is 5.01. The third-order valence-corrected chi connectivity index (χ3v) is 3.64. The number of nitrogens with zero attached hydrogens (tertiary/aromatic N) is 4. The number of aromatic amines is 1. The van der Waals surface area contributed by atoms with E-state index >= 15 is 0 Å². The molecular weight excluding hydrogens is 282 g/mol. The Morgan fingerprint density at radius 3 is 2.48 bits per heavy atom. The molecule has 112 valence electrons. The van der Waals surface area contributed by atoms with E-state index in [9.17, 15) is 0 Å². The minimum Gasteiger partial charge on any atom is -0.372 e. The average Bonchev–Trinajstić information content (AvgIpc) is 2.88. The van der Waals surface area contributed by atoms with E-state index in [0.717, 1.165) is 30.9 Å². The molecule has 0 atom stereocenters. The number of H-pyrrole nitrogens is 1. The van der Waals surface area contributed by atoms with Crippen molar-refractivity contribution in [3.05, 3.63) is 40.4 Å². The van der Waals surface area contributed by atoms with Gasteiger partial charge < -0.3 is 4.90 Å². The van der Waals surface area contributed by atoms with Gasteiger partial charge in [0.05, 0.1) is 6.21 Å². The molecule has 0 aliphatic rings. The normalized spacial score (nSPS) is 11.2. The van der Waals surface area contributed by atoms with Crippen LogP contribution in [-0.2, 0) is 6.42 Å². The molecule has 21 heavy (non-hydrogen) atoms. The van der Waals surface area contributed by atoms with Crippen LogP contribution in [0.3, 0.4) is 0 Å². The van der Waals surface area contributed by atoms with Gasteiger partial charge in [-0.05, 0) is 43.8 Å². The zero-order valence-corrected chi connectivity index (χ0v) is 13.5. The molecule has 0 saturated heterocycles. The summed E-state index contributed by atoms with van der Waals surface area (Å²) < 4.78 is 2.18. The van der Waals surface area contributed by atoms with Crippen molar-refractivity contribution in [2.24, 2.45) is 5.10 Å². The second kappa shape index (κ2) is 7.17. The van der Waals surface area contributed by atoms with Gasteiger partial charge >= 0.3 is 0 Å². The fourth-order valence-corrected chi connectivity index (χ4v) is 2.35. The third kappa shape index (κ3) is 3.58. The monoisotopic (exact) mass is 303 g/mol. The highest BCUT2D eigenvalue weighted by Crippen LogP contribution is 2.14. The molecule has 5 nitrogen and oxygen atoms in total. The summed E-state index contributed by atoms with van der Waals surface area (Å²) >= 11 is 5.17.